The molecule has 0 unspecified atom stereocenters. The van der Waals surface area contributed by atoms with Gasteiger partial charge in [-0.1, -0.05) is 29.8 Å². The predicted octanol–water partition coefficient (Wildman–Crippen LogP) is 3.81. The molecule has 0 saturated heterocycles. The molecule has 2 rings (SSSR count). The Morgan fingerprint density at radius 2 is 2.16 bits per heavy atom. The number of hydrogen-bond acceptors (Lipinski definition) is 2. The predicted molar refractivity (Wildman–Crippen MR) is 79.3 cm³/mol. The molecule has 1 aromatic carbocycles. The van der Waals surface area contributed by atoms with Gasteiger partial charge in [0, 0.05) is 17.1 Å². The zero-order valence-electron chi connectivity index (χ0n) is 11.4. The third-order valence-corrected chi connectivity index (χ3v) is 3.88. The Labute approximate surface area is 122 Å². The van der Waals surface area contributed by atoms with E-state index in [1.807, 2.05) is 4.90 Å². The number of hydrogen-bond donors (Lipinski definition) is 1. The van der Waals surface area contributed by atoms with Gasteiger partial charge in [0.2, 0.25) is 0 Å². The summed E-state index contributed by atoms with van der Waals surface area (Å²) in [5.41, 5.74) is 0.402. The van der Waals surface area contributed by atoms with E-state index >= 15 is 0 Å². The standard InChI is InChI=1S/C15H20BrNO2/c1-10(2)7-8-17(12-4-5-12)15(19)13-6-3-11(16)9-14(13)18/h3,6,9-10,12,18H,4-5,7-8H2,1-2H3. The van der Waals surface area contributed by atoms with E-state index in [1.165, 1.54) is 0 Å². The molecule has 0 spiro atoms. The van der Waals surface area contributed by atoms with Gasteiger partial charge in [-0.25, -0.2) is 0 Å². The molecule has 1 fully saturated rings. The highest BCUT2D eigenvalue weighted by atomic mass is 79.9. The van der Waals surface area contributed by atoms with Crippen LogP contribution in [0.25, 0.3) is 0 Å². The molecule has 0 aliphatic heterocycles. The lowest BCUT2D eigenvalue weighted by Crippen LogP contribution is -2.34. The van der Waals surface area contributed by atoms with Crippen LogP contribution in [0.3, 0.4) is 0 Å². The number of phenols is 1. The summed E-state index contributed by atoms with van der Waals surface area (Å²) in [6, 6.07) is 5.42. The van der Waals surface area contributed by atoms with Crippen molar-refractivity contribution in [1.29, 1.82) is 0 Å². The molecular weight excluding hydrogens is 306 g/mol. The van der Waals surface area contributed by atoms with Gasteiger partial charge in [-0.15, -0.1) is 0 Å². The van der Waals surface area contributed by atoms with E-state index in [2.05, 4.69) is 29.8 Å². The molecule has 0 heterocycles. The maximum atomic E-state index is 12.5. The molecule has 0 atom stereocenters. The first-order chi connectivity index (χ1) is 8.99. The number of carbonyl (C=O) groups excluding carboxylic acids is 1. The van der Waals surface area contributed by atoms with Gasteiger partial charge in [-0.2, -0.15) is 0 Å². The summed E-state index contributed by atoms with van der Waals surface area (Å²) in [5.74, 6) is 0.579. The fourth-order valence-corrected chi connectivity index (χ4v) is 2.42. The van der Waals surface area contributed by atoms with Crippen molar-refractivity contribution < 1.29 is 9.90 Å². The largest absolute Gasteiger partial charge is 0.507 e. The number of carbonyl (C=O) groups is 1. The average Bonchev–Trinajstić information content (AvgIpc) is 3.13. The lowest BCUT2D eigenvalue weighted by Gasteiger charge is -2.23. The second-order valence-electron chi connectivity index (χ2n) is 5.57. The zero-order chi connectivity index (χ0) is 14.0. The van der Waals surface area contributed by atoms with Crippen molar-refractivity contribution >= 4 is 21.8 Å². The van der Waals surface area contributed by atoms with E-state index in [0.29, 0.717) is 17.5 Å². The number of halogens is 1. The van der Waals surface area contributed by atoms with Crippen LogP contribution in [0, 0.1) is 5.92 Å². The molecule has 0 bridgehead atoms. The number of nitrogens with zero attached hydrogens (tertiary/aromatic N) is 1. The Morgan fingerprint density at radius 3 is 2.68 bits per heavy atom. The second kappa shape index (κ2) is 5.95. The average molecular weight is 326 g/mol. The molecule has 1 aromatic rings. The van der Waals surface area contributed by atoms with Crippen LogP contribution in [0.15, 0.2) is 22.7 Å². The highest BCUT2D eigenvalue weighted by Crippen LogP contribution is 2.31. The van der Waals surface area contributed by atoms with Crippen LogP contribution < -0.4 is 0 Å². The molecule has 3 nitrogen and oxygen atoms in total. The Bertz CT molecular complexity index is 469. The summed E-state index contributed by atoms with van der Waals surface area (Å²) in [7, 11) is 0. The first-order valence-corrected chi connectivity index (χ1v) is 7.58. The fourth-order valence-electron chi connectivity index (χ4n) is 2.07. The molecule has 104 valence electrons. The molecule has 19 heavy (non-hydrogen) atoms. The van der Waals surface area contributed by atoms with E-state index in [1.54, 1.807) is 18.2 Å². The van der Waals surface area contributed by atoms with Gasteiger partial charge in [0.1, 0.15) is 5.75 Å². The Hall–Kier alpha value is -1.03. The molecule has 1 aliphatic rings. The highest BCUT2D eigenvalue weighted by molar-refractivity contribution is 9.10. The van der Waals surface area contributed by atoms with Crippen LogP contribution in [0.2, 0.25) is 0 Å². The van der Waals surface area contributed by atoms with Crippen LogP contribution in [0.4, 0.5) is 0 Å². The summed E-state index contributed by atoms with van der Waals surface area (Å²) in [4.78, 5) is 14.4. The van der Waals surface area contributed by atoms with Crippen LogP contribution in [0.1, 0.15) is 43.5 Å². The third kappa shape index (κ3) is 3.72. The SMILES string of the molecule is CC(C)CCN(C(=O)c1ccc(Br)cc1O)C1CC1. The first kappa shape index (κ1) is 14.4. The van der Waals surface area contributed by atoms with Crippen molar-refractivity contribution in [2.45, 2.75) is 39.2 Å². The molecule has 1 N–H and O–H groups in total. The Morgan fingerprint density at radius 1 is 1.47 bits per heavy atom. The summed E-state index contributed by atoms with van der Waals surface area (Å²) < 4.78 is 0.779. The zero-order valence-corrected chi connectivity index (χ0v) is 13.0. The molecule has 1 amide bonds. The number of amides is 1. The fraction of sp³-hybridized carbons (Fsp3) is 0.533. The molecular formula is C15H20BrNO2. The van der Waals surface area contributed by atoms with E-state index in [4.69, 9.17) is 0 Å². The molecule has 4 heteroatoms. The van der Waals surface area contributed by atoms with Gasteiger partial charge in [0.15, 0.2) is 0 Å². The van der Waals surface area contributed by atoms with Crippen molar-refractivity contribution in [1.82, 2.24) is 4.90 Å². The second-order valence-corrected chi connectivity index (χ2v) is 6.49. The number of phenolic OH excluding ortho intramolecular Hbond substituents is 1. The van der Waals surface area contributed by atoms with Crippen LogP contribution in [-0.2, 0) is 0 Å². The quantitative estimate of drug-likeness (QED) is 0.894. The van der Waals surface area contributed by atoms with Gasteiger partial charge in [0.05, 0.1) is 5.56 Å². The van der Waals surface area contributed by atoms with Crippen LogP contribution in [0.5, 0.6) is 5.75 Å². The Kier molecular flexibility index (Phi) is 4.50. The highest BCUT2D eigenvalue weighted by Gasteiger charge is 2.33. The van der Waals surface area contributed by atoms with Crippen molar-refractivity contribution in [3.63, 3.8) is 0 Å². The molecule has 1 aliphatic carbocycles. The van der Waals surface area contributed by atoms with Gasteiger partial charge < -0.3 is 10.0 Å². The molecule has 0 aromatic heterocycles. The van der Waals surface area contributed by atoms with Crippen LogP contribution >= 0.6 is 15.9 Å². The maximum absolute atomic E-state index is 12.5. The van der Waals surface area contributed by atoms with E-state index in [9.17, 15) is 9.90 Å². The monoisotopic (exact) mass is 325 g/mol. The van der Waals surface area contributed by atoms with Crippen molar-refractivity contribution in [2.24, 2.45) is 5.92 Å². The minimum Gasteiger partial charge on any atom is -0.507 e. The van der Waals surface area contributed by atoms with Gasteiger partial charge in [0.25, 0.3) is 5.91 Å². The minimum atomic E-state index is -0.0480. The van der Waals surface area contributed by atoms with Gasteiger partial charge >= 0.3 is 0 Å². The normalized spacial score (nSPS) is 14.7. The van der Waals surface area contributed by atoms with Gasteiger partial charge in [-0.3, -0.25) is 4.79 Å². The van der Waals surface area contributed by atoms with Crippen molar-refractivity contribution in [3.05, 3.63) is 28.2 Å². The number of aromatic hydroxyl groups is 1. The van der Waals surface area contributed by atoms with Crippen molar-refractivity contribution in [2.75, 3.05) is 6.54 Å². The van der Waals surface area contributed by atoms with Crippen LogP contribution in [-0.4, -0.2) is 28.5 Å². The lowest BCUT2D eigenvalue weighted by molar-refractivity contribution is 0.0732. The minimum absolute atomic E-state index is 0.0480. The third-order valence-electron chi connectivity index (χ3n) is 3.39. The van der Waals surface area contributed by atoms with Crippen molar-refractivity contribution in [3.8, 4) is 5.75 Å². The van der Waals surface area contributed by atoms with E-state index in [0.717, 1.165) is 30.3 Å². The number of rotatable bonds is 5. The maximum Gasteiger partial charge on any atom is 0.257 e. The summed E-state index contributed by atoms with van der Waals surface area (Å²) in [5, 5.41) is 9.91. The van der Waals surface area contributed by atoms with E-state index in [-0.39, 0.29) is 11.7 Å². The topological polar surface area (TPSA) is 40.5 Å². The summed E-state index contributed by atoms with van der Waals surface area (Å²) in [6.07, 6.45) is 3.17. The first-order valence-electron chi connectivity index (χ1n) is 6.78. The molecule has 0 radical (unpaired) electrons. The number of benzene rings is 1. The van der Waals surface area contributed by atoms with Gasteiger partial charge in [-0.05, 0) is 43.4 Å². The smallest absolute Gasteiger partial charge is 0.257 e. The lowest BCUT2D eigenvalue weighted by atomic mass is 10.1. The summed E-state index contributed by atoms with van der Waals surface area (Å²) >= 11 is 3.29. The van der Waals surface area contributed by atoms with E-state index < -0.39 is 0 Å². The summed E-state index contributed by atoms with van der Waals surface area (Å²) in [6.45, 7) is 5.09. The molecule has 1 saturated carbocycles. The Balaban J connectivity index is 2.14.